The third-order valence-corrected chi connectivity index (χ3v) is 2.94. The Morgan fingerprint density at radius 1 is 1.32 bits per heavy atom. The van der Waals surface area contributed by atoms with Crippen LogP contribution in [0.25, 0.3) is 0 Å². The number of hydrogen-bond donors (Lipinski definition) is 1. The Kier molecular flexibility index (Phi) is 4.98. The highest BCUT2D eigenvalue weighted by Crippen LogP contribution is 2.16. The molecule has 0 amide bonds. The zero-order valence-electron chi connectivity index (χ0n) is 11.6. The summed E-state index contributed by atoms with van der Waals surface area (Å²) < 4.78 is 7.18. The fourth-order valence-corrected chi connectivity index (χ4v) is 2.02. The largest absolute Gasteiger partial charge is 0.381 e. The van der Waals surface area contributed by atoms with Crippen LogP contribution in [0.4, 0.5) is 5.69 Å². The van der Waals surface area contributed by atoms with E-state index in [9.17, 15) is 0 Å². The Labute approximate surface area is 114 Å². The number of aryl methyl sites for hydroxylation is 1. The van der Waals surface area contributed by atoms with Gasteiger partial charge in [0.15, 0.2) is 0 Å². The summed E-state index contributed by atoms with van der Waals surface area (Å²) in [5, 5.41) is 7.77. The van der Waals surface area contributed by atoms with Crippen LogP contribution in [-0.4, -0.2) is 16.9 Å². The molecule has 0 spiro atoms. The SMILES string of the molecule is CCCn1cc(CNc2ccccc2COC)cn1. The number of nitrogens with one attached hydrogen (secondary N) is 1. The van der Waals surface area contributed by atoms with Crippen LogP contribution < -0.4 is 5.32 Å². The lowest BCUT2D eigenvalue weighted by molar-refractivity contribution is 0.185. The summed E-state index contributed by atoms with van der Waals surface area (Å²) in [5.74, 6) is 0. The Hall–Kier alpha value is -1.81. The third kappa shape index (κ3) is 3.83. The van der Waals surface area contributed by atoms with Crippen molar-refractivity contribution in [3.05, 3.63) is 47.8 Å². The Balaban J connectivity index is 1.97. The highest BCUT2D eigenvalue weighted by molar-refractivity contribution is 5.51. The van der Waals surface area contributed by atoms with Crippen LogP contribution in [0.5, 0.6) is 0 Å². The first-order chi connectivity index (χ1) is 9.33. The summed E-state index contributed by atoms with van der Waals surface area (Å²) in [5.41, 5.74) is 3.49. The van der Waals surface area contributed by atoms with Crippen molar-refractivity contribution in [1.29, 1.82) is 0 Å². The van der Waals surface area contributed by atoms with Crippen LogP contribution in [0, 0.1) is 0 Å². The second-order valence-electron chi connectivity index (χ2n) is 4.56. The van der Waals surface area contributed by atoms with Gasteiger partial charge in [-0.2, -0.15) is 5.10 Å². The molecule has 0 aliphatic heterocycles. The first kappa shape index (κ1) is 13.6. The van der Waals surface area contributed by atoms with Crippen molar-refractivity contribution in [2.75, 3.05) is 12.4 Å². The number of benzene rings is 1. The number of nitrogens with zero attached hydrogens (tertiary/aromatic N) is 2. The van der Waals surface area contributed by atoms with E-state index >= 15 is 0 Å². The van der Waals surface area contributed by atoms with Gasteiger partial charge in [-0.25, -0.2) is 0 Å². The molecular formula is C15H21N3O. The van der Waals surface area contributed by atoms with Crippen LogP contribution in [0.2, 0.25) is 0 Å². The average molecular weight is 259 g/mol. The highest BCUT2D eigenvalue weighted by atomic mass is 16.5. The maximum absolute atomic E-state index is 5.20. The van der Waals surface area contributed by atoms with Crippen LogP contribution in [0.15, 0.2) is 36.7 Å². The lowest BCUT2D eigenvalue weighted by Gasteiger charge is -2.10. The fraction of sp³-hybridized carbons (Fsp3) is 0.400. The van der Waals surface area contributed by atoms with Crippen molar-refractivity contribution in [3.63, 3.8) is 0 Å². The average Bonchev–Trinajstić information content (AvgIpc) is 2.86. The summed E-state index contributed by atoms with van der Waals surface area (Å²) in [7, 11) is 1.71. The van der Waals surface area contributed by atoms with Crippen LogP contribution in [-0.2, 0) is 24.4 Å². The van der Waals surface area contributed by atoms with Gasteiger partial charge in [0.1, 0.15) is 0 Å². The van der Waals surface area contributed by atoms with Crippen LogP contribution in [0.1, 0.15) is 24.5 Å². The number of aromatic nitrogens is 2. The monoisotopic (exact) mass is 259 g/mol. The van der Waals surface area contributed by atoms with Crippen LogP contribution in [0.3, 0.4) is 0 Å². The summed E-state index contributed by atoms with van der Waals surface area (Å²) in [6.45, 7) is 4.53. The van der Waals surface area contributed by atoms with E-state index in [2.05, 4.69) is 35.7 Å². The predicted molar refractivity (Wildman–Crippen MR) is 77.0 cm³/mol. The van der Waals surface area contributed by atoms with Crippen molar-refractivity contribution in [2.45, 2.75) is 33.0 Å². The molecule has 0 unspecified atom stereocenters. The molecule has 0 atom stereocenters. The zero-order valence-corrected chi connectivity index (χ0v) is 11.6. The fourth-order valence-electron chi connectivity index (χ4n) is 2.02. The molecule has 1 aromatic carbocycles. The number of hydrogen-bond acceptors (Lipinski definition) is 3. The molecule has 2 rings (SSSR count). The van der Waals surface area contributed by atoms with Gasteiger partial charge in [0, 0.05) is 43.2 Å². The summed E-state index contributed by atoms with van der Waals surface area (Å²) >= 11 is 0. The molecular weight excluding hydrogens is 238 g/mol. The standard InChI is InChI=1S/C15H21N3O/c1-3-8-18-11-13(10-17-18)9-16-15-7-5-4-6-14(15)12-19-2/h4-7,10-11,16H,3,8-9,12H2,1-2H3. The smallest absolute Gasteiger partial charge is 0.0733 e. The van der Waals surface area contributed by atoms with Crippen molar-refractivity contribution in [2.24, 2.45) is 0 Å². The molecule has 0 saturated carbocycles. The molecule has 0 aliphatic carbocycles. The highest BCUT2D eigenvalue weighted by Gasteiger charge is 2.02. The number of para-hydroxylation sites is 1. The van der Waals surface area contributed by atoms with Crippen LogP contribution >= 0.6 is 0 Å². The predicted octanol–water partition coefficient (Wildman–Crippen LogP) is 3.05. The van der Waals surface area contributed by atoms with E-state index in [1.807, 2.05) is 23.0 Å². The van der Waals surface area contributed by atoms with Gasteiger partial charge in [0.25, 0.3) is 0 Å². The minimum Gasteiger partial charge on any atom is -0.381 e. The molecule has 1 heterocycles. The van der Waals surface area contributed by atoms with E-state index < -0.39 is 0 Å². The van der Waals surface area contributed by atoms with E-state index in [1.54, 1.807) is 7.11 Å². The van der Waals surface area contributed by atoms with E-state index in [0.717, 1.165) is 25.2 Å². The molecule has 4 heteroatoms. The summed E-state index contributed by atoms with van der Waals surface area (Å²) in [4.78, 5) is 0. The summed E-state index contributed by atoms with van der Waals surface area (Å²) in [6, 6.07) is 8.21. The van der Waals surface area contributed by atoms with E-state index in [1.165, 1.54) is 11.1 Å². The number of anilines is 1. The third-order valence-electron chi connectivity index (χ3n) is 2.94. The van der Waals surface area contributed by atoms with Gasteiger partial charge in [-0.05, 0) is 12.5 Å². The van der Waals surface area contributed by atoms with Gasteiger partial charge in [0.2, 0.25) is 0 Å². The molecule has 1 N–H and O–H groups in total. The van der Waals surface area contributed by atoms with Crippen molar-refractivity contribution in [1.82, 2.24) is 9.78 Å². The second-order valence-corrected chi connectivity index (χ2v) is 4.56. The molecule has 0 saturated heterocycles. The molecule has 0 aliphatic rings. The Morgan fingerprint density at radius 2 is 2.16 bits per heavy atom. The minimum atomic E-state index is 0.623. The van der Waals surface area contributed by atoms with Gasteiger partial charge in [0.05, 0.1) is 12.8 Å². The number of ether oxygens (including phenoxy) is 1. The van der Waals surface area contributed by atoms with E-state index in [0.29, 0.717) is 6.61 Å². The number of methoxy groups -OCH3 is 1. The van der Waals surface area contributed by atoms with E-state index in [4.69, 9.17) is 4.74 Å². The Bertz CT molecular complexity index is 508. The molecule has 0 bridgehead atoms. The maximum Gasteiger partial charge on any atom is 0.0733 e. The first-order valence-corrected chi connectivity index (χ1v) is 6.65. The summed E-state index contributed by atoms with van der Waals surface area (Å²) in [6.07, 6.45) is 5.11. The molecule has 0 fully saturated rings. The maximum atomic E-state index is 5.20. The Morgan fingerprint density at radius 3 is 2.95 bits per heavy atom. The second kappa shape index (κ2) is 6.95. The van der Waals surface area contributed by atoms with Gasteiger partial charge in [-0.1, -0.05) is 25.1 Å². The lowest BCUT2D eigenvalue weighted by atomic mass is 10.2. The van der Waals surface area contributed by atoms with Gasteiger partial charge >= 0.3 is 0 Å². The van der Waals surface area contributed by atoms with Crippen molar-refractivity contribution >= 4 is 5.69 Å². The van der Waals surface area contributed by atoms with Crippen molar-refractivity contribution in [3.8, 4) is 0 Å². The van der Waals surface area contributed by atoms with Gasteiger partial charge < -0.3 is 10.1 Å². The van der Waals surface area contributed by atoms with Gasteiger partial charge in [-0.3, -0.25) is 4.68 Å². The zero-order chi connectivity index (χ0) is 13.5. The van der Waals surface area contributed by atoms with E-state index in [-0.39, 0.29) is 0 Å². The topological polar surface area (TPSA) is 39.1 Å². The van der Waals surface area contributed by atoms with Gasteiger partial charge in [-0.15, -0.1) is 0 Å². The van der Waals surface area contributed by atoms with Crippen molar-refractivity contribution < 1.29 is 4.74 Å². The lowest BCUT2D eigenvalue weighted by Crippen LogP contribution is -2.02. The normalized spacial score (nSPS) is 10.6. The molecule has 0 radical (unpaired) electrons. The molecule has 2 aromatic rings. The molecule has 1 aromatic heterocycles. The number of rotatable bonds is 7. The molecule has 4 nitrogen and oxygen atoms in total. The minimum absolute atomic E-state index is 0.623. The molecule has 102 valence electrons. The quantitative estimate of drug-likeness (QED) is 0.830. The molecule has 19 heavy (non-hydrogen) atoms. The first-order valence-electron chi connectivity index (χ1n) is 6.65.